The summed E-state index contributed by atoms with van der Waals surface area (Å²) < 4.78 is 1.92. The maximum absolute atomic E-state index is 12.7. The molecule has 0 saturated carbocycles. The lowest BCUT2D eigenvalue weighted by atomic mass is 10.0. The van der Waals surface area contributed by atoms with Crippen LogP contribution in [0.5, 0.6) is 0 Å². The summed E-state index contributed by atoms with van der Waals surface area (Å²) in [6, 6.07) is 9.32. The highest BCUT2D eigenvalue weighted by Crippen LogP contribution is 2.21. The van der Waals surface area contributed by atoms with Gasteiger partial charge in [0.1, 0.15) is 5.82 Å². The first-order chi connectivity index (χ1) is 15.1. The summed E-state index contributed by atoms with van der Waals surface area (Å²) in [5, 5.41) is 14.6. The van der Waals surface area contributed by atoms with E-state index in [1.54, 1.807) is 0 Å². The molecule has 3 aromatic rings. The monoisotopic (exact) mass is 421 g/mol. The second-order valence-electron chi connectivity index (χ2n) is 8.46. The lowest BCUT2D eigenvalue weighted by Crippen LogP contribution is -2.40. The molecule has 1 aliphatic rings. The molecule has 8 nitrogen and oxygen atoms in total. The fraction of sp³-hybridized carbons (Fsp3) is 0.478. The van der Waals surface area contributed by atoms with Gasteiger partial charge in [0.15, 0.2) is 11.5 Å². The molecule has 164 valence electrons. The molecule has 1 atom stereocenters. The number of nitrogens with one attached hydrogen (secondary N) is 2. The van der Waals surface area contributed by atoms with Gasteiger partial charge in [0.05, 0.1) is 6.04 Å². The molecular formula is C23H31N7O. The van der Waals surface area contributed by atoms with Crippen molar-refractivity contribution in [2.75, 3.05) is 18.0 Å². The molecule has 0 radical (unpaired) electrons. The zero-order valence-electron chi connectivity index (χ0n) is 18.3. The summed E-state index contributed by atoms with van der Waals surface area (Å²) in [7, 11) is 0. The number of carbonyl (C=O) groups excluding carboxylic acids is 1. The highest BCUT2D eigenvalue weighted by molar-refractivity contribution is 5.74. The average molecular weight is 422 g/mol. The number of hydrogen-bond donors (Lipinski definition) is 2. The molecule has 0 aromatic carbocycles. The van der Waals surface area contributed by atoms with E-state index in [0.29, 0.717) is 6.54 Å². The fourth-order valence-electron chi connectivity index (χ4n) is 4.02. The number of aromatic nitrogens is 4. The smallest absolute Gasteiger partial charge is 0.315 e. The Balaban J connectivity index is 1.39. The van der Waals surface area contributed by atoms with E-state index in [0.717, 1.165) is 35.9 Å². The molecule has 3 aromatic heterocycles. The van der Waals surface area contributed by atoms with Gasteiger partial charge in [-0.05, 0) is 48.6 Å². The summed E-state index contributed by atoms with van der Waals surface area (Å²) in [6.45, 7) is 6.66. The van der Waals surface area contributed by atoms with Crippen LogP contribution < -0.4 is 15.5 Å². The van der Waals surface area contributed by atoms with Gasteiger partial charge in [-0.1, -0.05) is 32.8 Å². The van der Waals surface area contributed by atoms with Crippen LogP contribution in [0, 0.1) is 5.92 Å². The summed E-state index contributed by atoms with van der Waals surface area (Å²) >= 11 is 0. The summed E-state index contributed by atoms with van der Waals surface area (Å²) in [5.41, 5.74) is 1.81. The first-order valence-electron chi connectivity index (χ1n) is 11.2. The Morgan fingerprint density at radius 2 is 1.90 bits per heavy atom. The van der Waals surface area contributed by atoms with E-state index >= 15 is 0 Å². The Hall–Kier alpha value is -3.16. The van der Waals surface area contributed by atoms with E-state index in [1.165, 1.54) is 25.7 Å². The minimum absolute atomic E-state index is 0.161. The lowest BCUT2D eigenvalue weighted by molar-refractivity contribution is 0.231. The van der Waals surface area contributed by atoms with E-state index in [1.807, 2.05) is 41.1 Å². The van der Waals surface area contributed by atoms with Crippen LogP contribution >= 0.6 is 0 Å². The maximum Gasteiger partial charge on any atom is 0.315 e. The van der Waals surface area contributed by atoms with Gasteiger partial charge in [-0.25, -0.2) is 9.78 Å². The van der Waals surface area contributed by atoms with Crippen molar-refractivity contribution in [2.45, 2.75) is 52.1 Å². The Morgan fingerprint density at radius 3 is 2.68 bits per heavy atom. The van der Waals surface area contributed by atoms with Crippen molar-refractivity contribution >= 4 is 17.5 Å². The van der Waals surface area contributed by atoms with Gasteiger partial charge in [0.2, 0.25) is 0 Å². The third-order valence-electron chi connectivity index (χ3n) is 5.76. The molecule has 0 aliphatic carbocycles. The number of amides is 2. The van der Waals surface area contributed by atoms with Crippen LogP contribution in [0.15, 0.2) is 42.7 Å². The molecule has 4 heterocycles. The average Bonchev–Trinajstić information content (AvgIpc) is 3.01. The first-order valence-corrected chi connectivity index (χ1v) is 11.2. The number of rotatable bonds is 6. The SMILES string of the molecule is CC(C)C(NC(=O)NCc1ccnc(N2CCCCCC2)c1)c1nnc2ccccn12. The third-order valence-corrected chi connectivity index (χ3v) is 5.76. The molecule has 4 rings (SSSR count). The highest BCUT2D eigenvalue weighted by Gasteiger charge is 2.23. The van der Waals surface area contributed by atoms with Crippen molar-refractivity contribution in [1.82, 2.24) is 30.2 Å². The molecule has 8 heteroatoms. The maximum atomic E-state index is 12.7. The molecule has 31 heavy (non-hydrogen) atoms. The van der Waals surface area contributed by atoms with E-state index < -0.39 is 0 Å². The van der Waals surface area contributed by atoms with Crippen molar-refractivity contribution in [3.05, 3.63) is 54.1 Å². The van der Waals surface area contributed by atoms with Gasteiger partial charge in [0.25, 0.3) is 0 Å². The Morgan fingerprint density at radius 1 is 1.10 bits per heavy atom. The van der Waals surface area contributed by atoms with E-state index in [9.17, 15) is 4.79 Å². The van der Waals surface area contributed by atoms with Gasteiger partial charge in [-0.2, -0.15) is 0 Å². The largest absolute Gasteiger partial charge is 0.357 e. The van der Waals surface area contributed by atoms with Crippen LogP contribution in [0.3, 0.4) is 0 Å². The predicted molar refractivity (Wildman–Crippen MR) is 121 cm³/mol. The topological polar surface area (TPSA) is 87.5 Å². The third kappa shape index (κ3) is 5.13. The molecule has 2 amide bonds. The van der Waals surface area contributed by atoms with E-state index in [-0.39, 0.29) is 18.0 Å². The Bertz CT molecular complexity index is 1010. The molecular weight excluding hydrogens is 390 g/mol. The molecule has 1 saturated heterocycles. The van der Waals surface area contributed by atoms with Crippen molar-refractivity contribution in [1.29, 1.82) is 0 Å². The summed E-state index contributed by atoms with van der Waals surface area (Å²) in [4.78, 5) is 19.6. The number of pyridine rings is 2. The number of carbonyl (C=O) groups is 1. The summed E-state index contributed by atoms with van der Waals surface area (Å²) in [5.74, 6) is 1.89. The quantitative estimate of drug-likeness (QED) is 0.634. The standard InChI is InChI=1S/C23H31N7O/c1-17(2)21(22-28-27-19-9-5-8-14-30(19)22)26-23(31)25-16-18-10-11-24-20(15-18)29-12-6-3-4-7-13-29/h5,8-11,14-15,17,21H,3-4,6-7,12-13,16H2,1-2H3,(H2,25,26,31). The minimum atomic E-state index is -0.248. The zero-order chi connectivity index (χ0) is 21.6. The van der Waals surface area contributed by atoms with Gasteiger partial charge in [-0.15, -0.1) is 10.2 Å². The van der Waals surface area contributed by atoms with Gasteiger partial charge in [0, 0.05) is 32.0 Å². The Kier molecular flexibility index (Phi) is 6.64. The highest BCUT2D eigenvalue weighted by atomic mass is 16.2. The van der Waals surface area contributed by atoms with Crippen molar-refractivity contribution in [2.24, 2.45) is 5.92 Å². The van der Waals surface area contributed by atoms with Crippen LogP contribution in [0.25, 0.3) is 5.65 Å². The van der Waals surface area contributed by atoms with Gasteiger partial charge >= 0.3 is 6.03 Å². The van der Waals surface area contributed by atoms with Gasteiger partial charge in [-0.3, -0.25) is 4.40 Å². The molecule has 1 aliphatic heterocycles. The number of nitrogens with zero attached hydrogens (tertiary/aromatic N) is 5. The van der Waals surface area contributed by atoms with Crippen LogP contribution in [0.1, 0.15) is 57.0 Å². The van der Waals surface area contributed by atoms with Crippen molar-refractivity contribution in [3.63, 3.8) is 0 Å². The number of hydrogen-bond acceptors (Lipinski definition) is 5. The predicted octanol–water partition coefficient (Wildman–Crippen LogP) is 3.70. The number of urea groups is 1. The minimum Gasteiger partial charge on any atom is -0.357 e. The zero-order valence-corrected chi connectivity index (χ0v) is 18.3. The van der Waals surface area contributed by atoms with Crippen LogP contribution in [0.4, 0.5) is 10.6 Å². The lowest BCUT2D eigenvalue weighted by Gasteiger charge is -2.22. The molecule has 0 spiro atoms. The van der Waals surface area contributed by atoms with Crippen molar-refractivity contribution in [3.8, 4) is 0 Å². The number of anilines is 1. The van der Waals surface area contributed by atoms with Crippen LogP contribution in [-0.2, 0) is 6.54 Å². The molecule has 0 bridgehead atoms. The van der Waals surface area contributed by atoms with E-state index in [2.05, 4.69) is 50.6 Å². The molecule has 1 fully saturated rings. The second kappa shape index (κ2) is 9.76. The first kappa shape index (κ1) is 21.1. The van der Waals surface area contributed by atoms with E-state index in [4.69, 9.17) is 0 Å². The normalized spacial score (nSPS) is 15.6. The second-order valence-corrected chi connectivity index (χ2v) is 8.46. The summed E-state index contributed by atoms with van der Waals surface area (Å²) in [6.07, 6.45) is 8.74. The number of fused-ring (bicyclic) bond motifs is 1. The van der Waals surface area contributed by atoms with Crippen molar-refractivity contribution < 1.29 is 4.79 Å². The van der Waals surface area contributed by atoms with Gasteiger partial charge < -0.3 is 15.5 Å². The molecule has 1 unspecified atom stereocenters. The Labute approximate surface area is 183 Å². The van der Waals surface area contributed by atoms with Crippen LogP contribution in [-0.4, -0.2) is 38.7 Å². The molecule has 2 N–H and O–H groups in total. The fourth-order valence-corrected chi connectivity index (χ4v) is 4.02. The van der Waals surface area contributed by atoms with Crippen LogP contribution in [0.2, 0.25) is 0 Å².